The number of carboxylic acids is 1. The first-order valence-electron chi connectivity index (χ1n) is 7.06. The maximum absolute atomic E-state index is 13.5. The summed E-state index contributed by atoms with van der Waals surface area (Å²) in [5.41, 5.74) is 5.00. The monoisotopic (exact) mass is 297 g/mol. The Balaban J connectivity index is 2.36. The molecule has 0 radical (unpaired) electrons. The first-order chi connectivity index (χ1) is 10.5. The third-order valence-electron chi connectivity index (χ3n) is 3.92. The molecular formula is C18H16FNO2. The number of aromatic nitrogens is 1. The van der Waals surface area contributed by atoms with Crippen LogP contribution < -0.4 is 0 Å². The lowest BCUT2D eigenvalue weighted by Crippen LogP contribution is -2.01. The molecule has 112 valence electrons. The maximum atomic E-state index is 13.5. The van der Waals surface area contributed by atoms with E-state index in [9.17, 15) is 14.3 Å². The molecule has 1 aromatic heterocycles. The molecule has 0 aliphatic carbocycles. The molecule has 2 N–H and O–H groups in total. The van der Waals surface area contributed by atoms with Gasteiger partial charge in [0.2, 0.25) is 0 Å². The predicted octanol–water partition coefficient (Wildman–Crippen LogP) is 4.22. The third kappa shape index (κ3) is 2.37. The highest BCUT2D eigenvalue weighted by Gasteiger charge is 2.18. The number of hydrogen-bond acceptors (Lipinski definition) is 1. The van der Waals surface area contributed by atoms with Crippen LogP contribution in [0.2, 0.25) is 0 Å². The number of carboxylic acid groups (broad SMARTS) is 1. The number of H-pyrrole nitrogens is 1. The van der Waals surface area contributed by atoms with Crippen LogP contribution in [0.4, 0.5) is 4.39 Å². The summed E-state index contributed by atoms with van der Waals surface area (Å²) in [7, 11) is 0. The highest BCUT2D eigenvalue weighted by atomic mass is 19.1. The number of fused-ring (bicyclic) bond motifs is 1. The summed E-state index contributed by atoms with van der Waals surface area (Å²) in [6, 6.07) is 10.2. The molecule has 2 aromatic carbocycles. The Morgan fingerprint density at radius 2 is 1.91 bits per heavy atom. The van der Waals surface area contributed by atoms with E-state index in [1.807, 2.05) is 26.0 Å². The van der Waals surface area contributed by atoms with Gasteiger partial charge in [-0.15, -0.1) is 0 Å². The highest BCUT2D eigenvalue weighted by Crippen LogP contribution is 2.34. The van der Waals surface area contributed by atoms with E-state index in [4.69, 9.17) is 0 Å². The van der Waals surface area contributed by atoms with Crippen LogP contribution in [0, 0.1) is 19.7 Å². The fourth-order valence-electron chi connectivity index (χ4n) is 2.90. The summed E-state index contributed by atoms with van der Waals surface area (Å²) in [5, 5.41) is 10.2. The molecule has 22 heavy (non-hydrogen) atoms. The Morgan fingerprint density at radius 3 is 2.59 bits per heavy atom. The topological polar surface area (TPSA) is 53.1 Å². The van der Waals surface area contributed by atoms with E-state index in [0.29, 0.717) is 16.8 Å². The van der Waals surface area contributed by atoms with Gasteiger partial charge in [0.05, 0.1) is 12.1 Å². The third-order valence-corrected chi connectivity index (χ3v) is 3.92. The molecule has 0 spiro atoms. The Labute approximate surface area is 127 Å². The van der Waals surface area contributed by atoms with Gasteiger partial charge in [-0.25, -0.2) is 4.39 Å². The second kappa shape index (κ2) is 5.30. The summed E-state index contributed by atoms with van der Waals surface area (Å²) in [4.78, 5) is 14.6. The van der Waals surface area contributed by atoms with E-state index in [-0.39, 0.29) is 12.2 Å². The van der Waals surface area contributed by atoms with Crippen LogP contribution >= 0.6 is 0 Å². The van der Waals surface area contributed by atoms with Gasteiger partial charge in [0, 0.05) is 16.5 Å². The minimum absolute atomic E-state index is 0.101. The fraction of sp³-hybridized carbons (Fsp3) is 0.167. The number of nitrogens with one attached hydrogen (secondary N) is 1. The van der Waals surface area contributed by atoms with Gasteiger partial charge in [-0.1, -0.05) is 24.3 Å². The summed E-state index contributed by atoms with van der Waals surface area (Å²) in [5.74, 6) is -1.25. The fourth-order valence-corrected chi connectivity index (χ4v) is 2.90. The van der Waals surface area contributed by atoms with Crippen molar-refractivity contribution in [3.05, 3.63) is 58.9 Å². The molecule has 0 bridgehead atoms. The standard InChI is InChI=1S/C18H16FNO2/c1-10-6-7-11(2)17-16(10)14(9-15(21)22)18(20-17)12-4-3-5-13(19)8-12/h3-8,20H,9H2,1-2H3,(H,21,22). The van der Waals surface area contributed by atoms with Gasteiger partial charge < -0.3 is 10.1 Å². The second-order valence-electron chi connectivity index (χ2n) is 5.51. The molecule has 0 amide bonds. The summed E-state index contributed by atoms with van der Waals surface area (Å²) in [6.45, 7) is 3.93. The zero-order chi connectivity index (χ0) is 15.9. The molecule has 3 nitrogen and oxygen atoms in total. The molecule has 0 aliphatic rings. The van der Waals surface area contributed by atoms with Crippen molar-refractivity contribution in [1.29, 1.82) is 0 Å². The van der Waals surface area contributed by atoms with Gasteiger partial charge in [0.1, 0.15) is 5.82 Å². The normalized spacial score (nSPS) is 11.0. The van der Waals surface area contributed by atoms with E-state index in [0.717, 1.165) is 22.0 Å². The van der Waals surface area contributed by atoms with Crippen molar-refractivity contribution >= 4 is 16.9 Å². The molecule has 0 atom stereocenters. The van der Waals surface area contributed by atoms with Gasteiger partial charge in [-0.3, -0.25) is 4.79 Å². The first kappa shape index (κ1) is 14.3. The lowest BCUT2D eigenvalue weighted by atomic mass is 9.98. The first-order valence-corrected chi connectivity index (χ1v) is 7.06. The molecule has 0 unspecified atom stereocenters. The number of hydrogen-bond donors (Lipinski definition) is 2. The molecular weight excluding hydrogens is 281 g/mol. The Kier molecular flexibility index (Phi) is 3.45. The Bertz CT molecular complexity index is 880. The zero-order valence-corrected chi connectivity index (χ0v) is 12.4. The van der Waals surface area contributed by atoms with Crippen molar-refractivity contribution in [3.63, 3.8) is 0 Å². The quantitative estimate of drug-likeness (QED) is 0.760. The minimum Gasteiger partial charge on any atom is -0.481 e. The van der Waals surface area contributed by atoms with E-state index >= 15 is 0 Å². The number of aromatic amines is 1. The largest absolute Gasteiger partial charge is 0.481 e. The van der Waals surface area contributed by atoms with Crippen LogP contribution in [0.25, 0.3) is 22.2 Å². The van der Waals surface area contributed by atoms with Crippen LogP contribution in [-0.4, -0.2) is 16.1 Å². The molecule has 3 rings (SSSR count). The molecule has 4 heteroatoms. The molecule has 1 heterocycles. The predicted molar refractivity (Wildman–Crippen MR) is 84.5 cm³/mol. The molecule has 0 fully saturated rings. The summed E-state index contributed by atoms with van der Waals surface area (Å²) >= 11 is 0. The number of rotatable bonds is 3. The van der Waals surface area contributed by atoms with Crippen LogP contribution in [0.5, 0.6) is 0 Å². The number of carbonyl (C=O) groups is 1. The van der Waals surface area contributed by atoms with Crippen molar-refractivity contribution in [1.82, 2.24) is 4.98 Å². The Morgan fingerprint density at radius 1 is 1.18 bits per heavy atom. The molecule has 0 saturated carbocycles. The van der Waals surface area contributed by atoms with Crippen molar-refractivity contribution < 1.29 is 14.3 Å². The van der Waals surface area contributed by atoms with Gasteiger partial charge in [0.25, 0.3) is 0 Å². The van der Waals surface area contributed by atoms with Gasteiger partial charge in [0.15, 0.2) is 0 Å². The van der Waals surface area contributed by atoms with Gasteiger partial charge in [-0.2, -0.15) is 0 Å². The van der Waals surface area contributed by atoms with Crippen LogP contribution in [0.15, 0.2) is 36.4 Å². The van der Waals surface area contributed by atoms with Crippen LogP contribution in [0.3, 0.4) is 0 Å². The lowest BCUT2D eigenvalue weighted by molar-refractivity contribution is -0.136. The van der Waals surface area contributed by atoms with E-state index < -0.39 is 5.97 Å². The van der Waals surface area contributed by atoms with Gasteiger partial charge >= 0.3 is 5.97 Å². The Hall–Kier alpha value is -2.62. The van der Waals surface area contributed by atoms with Crippen molar-refractivity contribution in [3.8, 4) is 11.3 Å². The smallest absolute Gasteiger partial charge is 0.307 e. The van der Waals surface area contributed by atoms with Crippen molar-refractivity contribution in [2.75, 3.05) is 0 Å². The molecule has 0 saturated heterocycles. The zero-order valence-electron chi connectivity index (χ0n) is 12.4. The van der Waals surface area contributed by atoms with E-state index in [1.165, 1.54) is 12.1 Å². The maximum Gasteiger partial charge on any atom is 0.307 e. The SMILES string of the molecule is Cc1ccc(C)c2c(CC(=O)O)c(-c3cccc(F)c3)[nH]c12. The number of halogens is 1. The number of aryl methyl sites for hydroxylation is 2. The van der Waals surface area contributed by atoms with Gasteiger partial charge in [-0.05, 0) is 42.7 Å². The van der Waals surface area contributed by atoms with E-state index in [2.05, 4.69) is 4.98 Å². The highest BCUT2D eigenvalue weighted by molar-refractivity contribution is 5.97. The molecule has 0 aliphatic heterocycles. The lowest BCUT2D eigenvalue weighted by Gasteiger charge is -2.04. The minimum atomic E-state index is -0.903. The van der Waals surface area contributed by atoms with Crippen LogP contribution in [0.1, 0.15) is 16.7 Å². The second-order valence-corrected chi connectivity index (χ2v) is 5.51. The van der Waals surface area contributed by atoms with Crippen molar-refractivity contribution in [2.24, 2.45) is 0 Å². The average molecular weight is 297 g/mol. The number of aliphatic carboxylic acids is 1. The average Bonchev–Trinajstić information content (AvgIpc) is 2.83. The summed E-state index contributed by atoms with van der Waals surface area (Å²) < 4.78 is 13.5. The van der Waals surface area contributed by atoms with Crippen molar-refractivity contribution in [2.45, 2.75) is 20.3 Å². The molecule has 3 aromatic rings. The number of benzene rings is 2. The van der Waals surface area contributed by atoms with E-state index in [1.54, 1.807) is 12.1 Å². The summed E-state index contributed by atoms with van der Waals surface area (Å²) in [6.07, 6.45) is -0.101. The van der Waals surface area contributed by atoms with Crippen LogP contribution in [-0.2, 0) is 11.2 Å².